The quantitative estimate of drug-likeness (QED) is 0.199. The summed E-state index contributed by atoms with van der Waals surface area (Å²) in [5.74, 6) is 1.82. The lowest BCUT2D eigenvalue weighted by molar-refractivity contribution is -0.118. The van der Waals surface area contributed by atoms with E-state index in [9.17, 15) is 14.0 Å². The van der Waals surface area contributed by atoms with Crippen molar-refractivity contribution in [1.82, 2.24) is 4.98 Å². The highest BCUT2D eigenvalue weighted by Gasteiger charge is 2.13. The van der Waals surface area contributed by atoms with Crippen molar-refractivity contribution >= 4 is 22.5 Å². The minimum Gasteiger partial charge on any atom is -0.493 e. The fourth-order valence-corrected chi connectivity index (χ4v) is 4.39. The normalized spacial score (nSPS) is 11.0. The van der Waals surface area contributed by atoms with Crippen molar-refractivity contribution in [2.24, 2.45) is 0 Å². The van der Waals surface area contributed by atoms with Gasteiger partial charge in [-0.3, -0.25) is 9.78 Å². The summed E-state index contributed by atoms with van der Waals surface area (Å²) >= 11 is 0. The Labute approximate surface area is 222 Å². The van der Waals surface area contributed by atoms with Crippen molar-refractivity contribution in [3.63, 3.8) is 0 Å². The van der Waals surface area contributed by atoms with Gasteiger partial charge in [0.25, 0.3) is 0 Å². The maximum absolute atomic E-state index is 14.1. The van der Waals surface area contributed by atoms with Gasteiger partial charge in [-0.05, 0) is 86.7 Å². The number of rotatable bonds is 11. The Bertz CT molecular complexity index is 1490. The molecule has 5 nitrogen and oxygen atoms in total. The van der Waals surface area contributed by atoms with E-state index in [4.69, 9.17) is 9.47 Å². The summed E-state index contributed by atoms with van der Waals surface area (Å²) in [7, 11) is 0. The molecule has 0 saturated heterocycles. The Morgan fingerprint density at radius 2 is 1.66 bits per heavy atom. The first-order valence-electron chi connectivity index (χ1n) is 12.8. The molecular weight excluding hydrogens is 481 g/mol. The van der Waals surface area contributed by atoms with Crippen molar-refractivity contribution in [1.29, 1.82) is 0 Å². The molecule has 0 atom stereocenters. The molecule has 0 spiro atoms. The summed E-state index contributed by atoms with van der Waals surface area (Å²) in [5, 5.41) is 0.859. The summed E-state index contributed by atoms with van der Waals surface area (Å²) < 4.78 is 26.2. The molecule has 0 unspecified atom stereocenters. The van der Waals surface area contributed by atoms with Crippen molar-refractivity contribution in [3.05, 3.63) is 94.4 Å². The molecule has 3 aromatic carbocycles. The number of Topliss-reactive ketones (excluding diaryl/α,β-unsaturated/α-hetero) is 2. The second-order valence-electron chi connectivity index (χ2n) is 9.78. The monoisotopic (exact) mass is 513 g/mol. The van der Waals surface area contributed by atoms with Gasteiger partial charge in [-0.1, -0.05) is 23.8 Å². The number of ketones is 2. The third-order valence-corrected chi connectivity index (χ3v) is 6.45. The molecule has 4 rings (SSSR count). The number of carbonyl (C=O) groups excluding carboxylic acids is 2. The SMILES string of the molecule is CC(=O)CCCOc1cc2nccc(Oc3ccc(CC(=O)Cc4cc(C)ccc4F)c(C)c3)c2cc1C. The molecule has 0 fully saturated rings. The Hall–Kier alpha value is -4.06. The molecular formula is C32H32FNO4. The van der Waals surface area contributed by atoms with E-state index in [0.29, 0.717) is 36.5 Å². The fourth-order valence-electron chi connectivity index (χ4n) is 4.39. The molecule has 0 radical (unpaired) electrons. The van der Waals surface area contributed by atoms with E-state index in [-0.39, 0.29) is 30.2 Å². The molecule has 0 aliphatic carbocycles. The summed E-state index contributed by atoms with van der Waals surface area (Å²) in [6, 6.07) is 16.2. The van der Waals surface area contributed by atoms with Crippen LogP contribution in [0.1, 0.15) is 47.6 Å². The largest absolute Gasteiger partial charge is 0.493 e. The molecule has 0 aliphatic heterocycles. The minimum atomic E-state index is -0.351. The third-order valence-electron chi connectivity index (χ3n) is 6.45. The molecule has 196 valence electrons. The number of hydrogen-bond acceptors (Lipinski definition) is 5. The van der Waals surface area contributed by atoms with E-state index in [2.05, 4.69) is 4.98 Å². The molecule has 0 amide bonds. The van der Waals surface area contributed by atoms with Crippen molar-refractivity contribution < 1.29 is 23.5 Å². The van der Waals surface area contributed by atoms with Crippen LogP contribution in [0.5, 0.6) is 17.2 Å². The topological polar surface area (TPSA) is 65.5 Å². The highest BCUT2D eigenvalue weighted by Crippen LogP contribution is 2.33. The zero-order valence-corrected chi connectivity index (χ0v) is 22.3. The van der Waals surface area contributed by atoms with E-state index < -0.39 is 0 Å². The number of pyridine rings is 1. The van der Waals surface area contributed by atoms with Crippen LogP contribution >= 0.6 is 0 Å². The Kier molecular flexibility index (Phi) is 8.52. The zero-order valence-electron chi connectivity index (χ0n) is 22.3. The van der Waals surface area contributed by atoms with Gasteiger partial charge in [-0.15, -0.1) is 0 Å². The molecule has 1 aromatic heterocycles. The van der Waals surface area contributed by atoms with Gasteiger partial charge in [-0.2, -0.15) is 0 Å². The van der Waals surface area contributed by atoms with Crippen LogP contribution in [-0.4, -0.2) is 23.2 Å². The maximum atomic E-state index is 14.1. The first-order chi connectivity index (χ1) is 18.2. The number of hydrogen-bond donors (Lipinski definition) is 0. The van der Waals surface area contributed by atoms with Gasteiger partial charge in [-0.25, -0.2) is 4.39 Å². The number of aromatic nitrogens is 1. The van der Waals surface area contributed by atoms with Crippen LogP contribution in [0, 0.1) is 26.6 Å². The zero-order chi connectivity index (χ0) is 27.2. The van der Waals surface area contributed by atoms with Crippen LogP contribution < -0.4 is 9.47 Å². The van der Waals surface area contributed by atoms with Crippen LogP contribution in [0.25, 0.3) is 10.9 Å². The van der Waals surface area contributed by atoms with E-state index in [1.807, 2.05) is 57.2 Å². The van der Waals surface area contributed by atoms with Crippen LogP contribution in [-0.2, 0) is 22.4 Å². The van der Waals surface area contributed by atoms with Crippen LogP contribution in [0.15, 0.2) is 60.8 Å². The molecule has 1 heterocycles. The molecule has 0 bridgehead atoms. The first kappa shape index (κ1) is 27.0. The van der Waals surface area contributed by atoms with Crippen LogP contribution in [0.2, 0.25) is 0 Å². The minimum absolute atomic E-state index is 0.0406. The van der Waals surface area contributed by atoms with Crippen molar-refractivity contribution in [2.45, 2.75) is 53.4 Å². The van der Waals surface area contributed by atoms with Crippen LogP contribution in [0.3, 0.4) is 0 Å². The Balaban J connectivity index is 1.46. The second-order valence-corrected chi connectivity index (χ2v) is 9.78. The summed E-state index contributed by atoms with van der Waals surface area (Å²) in [6.45, 7) is 7.84. The van der Waals surface area contributed by atoms with Gasteiger partial charge in [0.1, 0.15) is 34.6 Å². The molecule has 0 N–H and O–H groups in total. The number of ether oxygens (including phenoxy) is 2. The van der Waals surface area contributed by atoms with Gasteiger partial charge < -0.3 is 14.3 Å². The average molecular weight is 514 g/mol. The smallest absolute Gasteiger partial charge is 0.141 e. The Morgan fingerprint density at radius 3 is 2.42 bits per heavy atom. The van der Waals surface area contributed by atoms with Crippen LogP contribution in [0.4, 0.5) is 4.39 Å². The molecule has 4 aromatic rings. The molecule has 0 aliphatic rings. The highest BCUT2D eigenvalue weighted by atomic mass is 19.1. The lowest BCUT2D eigenvalue weighted by atomic mass is 9.98. The molecule has 38 heavy (non-hydrogen) atoms. The highest BCUT2D eigenvalue weighted by molar-refractivity contribution is 5.87. The van der Waals surface area contributed by atoms with Gasteiger partial charge >= 0.3 is 0 Å². The van der Waals surface area contributed by atoms with E-state index in [0.717, 1.165) is 38.9 Å². The lowest BCUT2D eigenvalue weighted by Gasteiger charge is -2.14. The van der Waals surface area contributed by atoms with Crippen molar-refractivity contribution in [2.75, 3.05) is 6.61 Å². The Morgan fingerprint density at radius 1 is 0.868 bits per heavy atom. The first-order valence-corrected chi connectivity index (χ1v) is 12.8. The lowest BCUT2D eigenvalue weighted by Crippen LogP contribution is -2.09. The number of carbonyl (C=O) groups is 2. The molecule has 0 saturated carbocycles. The number of halogens is 1. The predicted molar refractivity (Wildman–Crippen MR) is 147 cm³/mol. The number of benzene rings is 3. The number of fused-ring (bicyclic) bond motifs is 1. The number of nitrogens with zero attached hydrogens (tertiary/aromatic N) is 1. The van der Waals surface area contributed by atoms with Gasteiger partial charge in [0.2, 0.25) is 0 Å². The second kappa shape index (κ2) is 12.0. The third kappa shape index (κ3) is 6.82. The van der Waals surface area contributed by atoms with E-state index in [1.54, 1.807) is 25.3 Å². The summed E-state index contributed by atoms with van der Waals surface area (Å²) in [5.41, 5.74) is 4.87. The van der Waals surface area contributed by atoms with Gasteiger partial charge in [0.15, 0.2) is 0 Å². The van der Waals surface area contributed by atoms with Gasteiger partial charge in [0, 0.05) is 36.9 Å². The summed E-state index contributed by atoms with van der Waals surface area (Å²) in [4.78, 5) is 28.3. The van der Waals surface area contributed by atoms with Gasteiger partial charge in [0.05, 0.1) is 12.1 Å². The summed E-state index contributed by atoms with van der Waals surface area (Å²) in [6.07, 6.45) is 3.16. The maximum Gasteiger partial charge on any atom is 0.141 e. The predicted octanol–water partition coefficient (Wildman–Crippen LogP) is 7.19. The van der Waals surface area contributed by atoms with Crippen molar-refractivity contribution in [3.8, 4) is 17.2 Å². The van der Waals surface area contributed by atoms with E-state index >= 15 is 0 Å². The average Bonchev–Trinajstić information content (AvgIpc) is 2.86. The fraction of sp³-hybridized carbons (Fsp3) is 0.281. The number of aryl methyl sites for hydroxylation is 3. The van der Waals surface area contributed by atoms with E-state index in [1.165, 1.54) is 6.07 Å². The molecule has 6 heteroatoms. The standard InChI is InChI=1S/C32H32FNO4/c1-20-7-10-29(33)25(14-20)18-26(36)17-24-8-9-27(15-21(24)2)38-31-11-12-34-30-19-32(22(3)16-28(30)31)37-13-5-6-23(4)35/h7-12,14-16,19H,5-6,13,17-18H2,1-4H3.